The van der Waals surface area contributed by atoms with Crippen molar-refractivity contribution in [2.75, 3.05) is 7.05 Å². The molecule has 5 nitrogen and oxygen atoms in total. The van der Waals surface area contributed by atoms with Gasteiger partial charge in [0.2, 0.25) is 0 Å². The number of carbonyl (C=O) groups excluding carboxylic acids is 1. The Morgan fingerprint density at radius 3 is 2.48 bits per heavy atom. The lowest BCUT2D eigenvalue weighted by Gasteiger charge is -2.18. The van der Waals surface area contributed by atoms with Gasteiger partial charge >= 0.3 is 0 Å². The van der Waals surface area contributed by atoms with Crippen LogP contribution in [-0.2, 0) is 6.54 Å². The van der Waals surface area contributed by atoms with Gasteiger partial charge in [-0.2, -0.15) is 0 Å². The van der Waals surface area contributed by atoms with Crippen LogP contribution in [0.3, 0.4) is 0 Å². The number of halogens is 2. The average Bonchev–Trinajstić information content (AvgIpc) is 2.48. The standard InChI is InChI=1S/C16H14Cl2N2O3/c1-10-7-11(4-6-15(10)20(22)23)16(21)19(2)9-12-3-5-13(17)8-14(12)18/h3-8H,9H2,1-2H3. The summed E-state index contributed by atoms with van der Waals surface area (Å²) < 4.78 is 0. The lowest BCUT2D eigenvalue weighted by molar-refractivity contribution is -0.385. The van der Waals surface area contributed by atoms with E-state index < -0.39 is 4.92 Å². The lowest BCUT2D eigenvalue weighted by atomic mass is 10.1. The van der Waals surface area contributed by atoms with Crippen molar-refractivity contribution >= 4 is 34.8 Å². The predicted octanol–water partition coefficient (Wildman–Crippen LogP) is 4.48. The van der Waals surface area contributed by atoms with Crippen molar-refractivity contribution in [3.8, 4) is 0 Å². The second-order valence-electron chi connectivity index (χ2n) is 5.16. The highest BCUT2D eigenvalue weighted by Gasteiger charge is 2.17. The second kappa shape index (κ2) is 6.98. The Bertz CT molecular complexity index is 778. The summed E-state index contributed by atoms with van der Waals surface area (Å²) in [6.07, 6.45) is 0. The molecule has 0 saturated heterocycles. The van der Waals surface area contributed by atoms with Crippen molar-refractivity contribution in [3.05, 3.63) is 73.2 Å². The van der Waals surface area contributed by atoms with Crippen LogP contribution in [-0.4, -0.2) is 22.8 Å². The maximum Gasteiger partial charge on any atom is 0.272 e. The highest BCUT2D eigenvalue weighted by molar-refractivity contribution is 6.35. The van der Waals surface area contributed by atoms with Crippen LogP contribution in [0, 0.1) is 17.0 Å². The molecule has 2 aromatic rings. The van der Waals surface area contributed by atoms with Crippen LogP contribution >= 0.6 is 23.2 Å². The van der Waals surface area contributed by atoms with E-state index in [1.807, 2.05) is 0 Å². The summed E-state index contributed by atoms with van der Waals surface area (Å²) >= 11 is 12.0. The quantitative estimate of drug-likeness (QED) is 0.601. The van der Waals surface area contributed by atoms with E-state index in [1.165, 1.54) is 23.1 Å². The number of nitro groups is 1. The predicted molar refractivity (Wildman–Crippen MR) is 90.1 cm³/mol. The van der Waals surface area contributed by atoms with Gasteiger partial charge in [-0.25, -0.2) is 0 Å². The molecule has 2 rings (SSSR count). The first-order valence-electron chi connectivity index (χ1n) is 6.74. The van der Waals surface area contributed by atoms with Crippen LogP contribution in [0.5, 0.6) is 0 Å². The van der Waals surface area contributed by atoms with Gasteiger partial charge in [0, 0.05) is 40.8 Å². The molecule has 0 unspecified atom stereocenters. The Kier molecular flexibility index (Phi) is 5.23. The minimum Gasteiger partial charge on any atom is -0.337 e. The van der Waals surface area contributed by atoms with Crippen LogP contribution in [0.1, 0.15) is 21.5 Å². The summed E-state index contributed by atoms with van der Waals surface area (Å²) in [7, 11) is 1.64. The molecule has 2 aromatic carbocycles. The third kappa shape index (κ3) is 4.00. The van der Waals surface area contributed by atoms with Crippen LogP contribution in [0.4, 0.5) is 5.69 Å². The monoisotopic (exact) mass is 352 g/mol. The lowest BCUT2D eigenvalue weighted by Crippen LogP contribution is -2.26. The zero-order chi connectivity index (χ0) is 17.1. The van der Waals surface area contributed by atoms with Crippen molar-refractivity contribution in [2.45, 2.75) is 13.5 Å². The van der Waals surface area contributed by atoms with Gasteiger partial charge in [0.25, 0.3) is 11.6 Å². The van der Waals surface area contributed by atoms with Crippen molar-refractivity contribution in [1.82, 2.24) is 4.90 Å². The van der Waals surface area contributed by atoms with E-state index in [-0.39, 0.29) is 11.6 Å². The summed E-state index contributed by atoms with van der Waals surface area (Å²) in [4.78, 5) is 24.3. The molecule has 0 fully saturated rings. The van der Waals surface area contributed by atoms with E-state index in [0.29, 0.717) is 27.7 Å². The van der Waals surface area contributed by atoms with E-state index in [0.717, 1.165) is 5.56 Å². The molecule has 0 spiro atoms. The number of rotatable bonds is 4. The number of nitrogens with zero attached hydrogens (tertiary/aromatic N) is 2. The van der Waals surface area contributed by atoms with E-state index in [1.54, 1.807) is 32.2 Å². The number of benzene rings is 2. The summed E-state index contributed by atoms with van der Waals surface area (Å²) in [6, 6.07) is 9.39. The summed E-state index contributed by atoms with van der Waals surface area (Å²) in [6.45, 7) is 1.91. The van der Waals surface area contributed by atoms with Crippen LogP contribution in [0.2, 0.25) is 10.0 Å². The highest BCUT2D eigenvalue weighted by atomic mass is 35.5. The molecule has 0 aliphatic carbocycles. The zero-order valence-corrected chi connectivity index (χ0v) is 14.1. The van der Waals surface area contributed by atoms with Crippen LogP contribution in [0.25, 0.3) is 0 Å². The Balaban J connectivity index is 2.19. The van der Waals surface area contributed by atoms with Crippen molar-refractivity contribution in [1.29, 1.82) is 0 Å². The van der Waals surface area contributed by atoms with Crippen LogP contribution in [0.15, 0.2) is 36.4 Å². The summed E-state index contributed by atoms with van der Waals surface area (Å²) in [5.74, 6) is -0.242. The minimum absolute atomic E-state index is 0.00931. The number of carbonyl (C=O) groups is 1. The largest absolute Gasteiger partial charge is 0.337 e. The van der Waals surface area contributed by atoms with E-state index in [4.69, 9.17) is 23.2 Å². The number of nitro benzene ring substituents is 1. The Hall–Kier alpha value is -2.11. The maximum absolute atomic E-state index is 12.4. The molecule has 0 aliphatic heterocycles. The molecule has 0 aromatic heterocycles. The van der Waals surface area contributed by atoms with Gasteiger partial charge in [-0.1, -0.05) is 29.3 Å². The molecule has 0 aliphatic rings. The first-order valence-corrected chi connectivity index (χ1v) is 7.49. The molecule has 0 saturated carbocycles. The average molecular weight is 353 g/mol. The smallest absolute Gasteiger partial charge is 0.272 e. The van der Waals surface area contributed by atoms with Gasteiger partial charge in [0.1, 0.15) is 0 Å². The molecule has 0 heterocycles. The first kappa shape index (κ1) is 17.2. The Labute approximate surface area is 143 Å². The normalized spacial score (nSPS) is 10.4. The fourth-order valence-electron chi connectivity index (χ4n) is 2.19. The highest BCUT2D eigenvalue weighted by Crippen LogP contribution is 2.23. The molecular weight excluding hydrogens is 339 g/mol. The van der Waals surface area contributed by atoms with Gasteiger partial charge in [0.05, 0.1) is 4.92 Å². The van der Waals surface area contributed by atoms with E-state index >= 15 is 0 Å². The number of hydrogen-bond donors (Lipinski definition) is 0. The fraction of sp³-hybridized carbons (Fsp3) is 0.188. The molecule has 0 N–H and O–H groups in total. The second-order valence-corrected chi connectivity index (χ2v) is 6.00. The molecule has 120 valence electrons. The zero-order valence-electron chi connectivity index (χ0n) is 12.5. The van der Waals surface area contributed by atoms with E-state index in [9.17, 15) is 14.9 Å². The van der Waals surface area contributed by atoms with Crippen molar-refractivity contribution < 1.29 is 9.72 Å². The third-order valence-electron chi connectivity index (χ3n) is 3.41. The molecule has 0 atom stereocenters. The van der Waals surface area contributed by atoms with Gasteiger partial charge < -0.3 is 4.90 Å². The molecule has 0 bridgehead atoms. The molecular formula is C16H14Cl2N2O3. The Morgan fingerprint density at radius 1 is 1.22 bits per heavy atom. The number of aryl methyl sites for hydroxylation is 1. The molecule has 1 amide bonds. The van der Waals surface area contributed by atoms with Gasteiger partial charge in [-0.05, 0) is 36.8 Å². The Morgan fingerprint density at radius 2 is 1.91 bits per heavy atom. The summed E-state index contributed by atoms with van der Waals surface area (Å²) in [5.41, 5.74) is 1.59. The molecule has 23 heavy (non-hydrogen) atoms. The number of hydrogen-bond acceptors (Lipinski definition) is 3. The summed E-state index contributed by atoms with van der Waals surface area (Å²) in [5, 5.41) is 11.8. The maximum atomic E-state index is 12.4. The number of amides is 1. The van der Waals surface area contributed by atoms with Crippen LogP contribution < -0.4 is 0 Å². The minimum atomic E-state index is -0.471. The van der Waals surface area contributed by atoms with Crippen molar-refractivity contribution in [2.24, 2.45) is 0 Å². The van der Waals surface area contributed by atoms with E-state index in [2.05, 4.69) is 0 Å². The fourth-order valence-corrected chi connectivity index (χ4v) is 2.66. The van der Waals surface area contributed by atoms with Gasteiger partial charge in [-0.3, -0.25) is 14.9 Å². The topological polar surface area (TPSA) is 63.5 Å². The molecule has 7 heteroatoms. The van der Waals surface area contributed by atoms with Gasteiger partial charge in [-0.15, -0.1) is 0 Å². The van der Waals surface area contributed by atoms with Crippen molar-refractivity contribution in [3.63, 3.8) is 0 Å². The SMILES string of the molecule is Cc1cc(C(=O)N(C)Cc2ccc(Cl)cc2Cl)ccc1[N+](=O)[O-]. The molecule has 0 radical (unpaired) electrons. The van der Waals surface area contributed by atoms with Gasteiger partial charge in [0.15, 0.2) is 0 Å². The first-order chi connectivity index (χ1) is 10.8. The third-order valence-corrected chi connectivity index (χ3v) is 4.00.